The number of ether oxygens (including phenoxy) is 4. The van der Waals surface area contributed by atoms with Gasteiger partial charge in [0.25, 0.3) is 11.4 Å². The number of nitro groups is 2. The molecule has 0 radical (unpaired) electrons. The van der Waals surface area contributed by atoms with E-state index in [4.69, 9.17) is 18.9 Å². The summed E-state index contributed by atoms with van der Waals surface area (Å²) in [4.78, 5) is 19.9. The molecule has 0 bridgehead atoms. The fraction of sp³-hybridized carbons (Fsp3) is 0.625. The number of nitrogens with zero attached hydrogens (tertiary/aromatic N) is 2. The van der Waals surface area contributed by atoms with Crippen molar-refractivity contribution >= 4 is 11.4 Å². The Morgan fingerprint density at radius 1 is 0.783 bits per heavy atom. The summed E-state index contributed by atoms with van der Waals surface area (Å²) in [5.74, 6) is -2.32. The summed E-state index contributed by atoms with van der Waals surface area (Å²) < 4.78 is 49.3. The highest BCUT2D eigenvalue weighted by Crippen LogP contribution is 2.43. The predicted molar refractivity (Wildman–Crippen MR) is 163 cm³/mol. The second kappa shape index (κ2) is 15.6. The van der Waals surface area contributed by atoms with E-state index in [-0.39, 0.29) is 41.8 Å². The molecular weight excluding hydrogens is 610 g/mol. The molecule has 14 heteroatoms. The summed E-state index contributed by atoms with van der Waals surface area (Å²) in [7, 11) is 3.23. The van der Waals surface area contributed by atoms with Crippen molar-refractivity contribution in [3.63, 3.8) is 0 Å². The molecule has 2 N–H and O–H groups in total. The van der Waals surface area contributed by atoms with E-state index in [0.717, 1.165) is 25.0 Å². The smallest absolute Gasteiger partial charge is 0.272 e. The van der Waals surface area contributed by atoms with Crippen molar-refractivity contribution < 1.29 is 47.8 Å². The third-order valence-corrected chi connectivity index (χ3v) is 8.64. The minimum absolute atomic E-state index is 0.0181. The molecule has 2 aliphatic carbocycles. The number of non-ortho nitro benzene ring substituents is 2. The number of fused-ring (bicyclic) bond motifs is 1. The van der Waals surface area contributed by atoms with Crippen LogP contribution in [0.2, 0.25) is 0 Å². The van der Waals surface area contributed by atoms with Gasteiger partial charge in [-0.1, -0.05) is 0 Å². The molecular formula is C32H44F2N2O10. The Morgan fingerprint density at radius 3 is 1.65 bits per heavy atom. The molecule has 0 spiro atoms. The SMILES string of the molecule is CC1(C)OC2CCC(c3ccc([N+](=O)[O-])cc3F)C[C@@H]2O1.COC(C)(C)OC.O=[N+]([O-])c1ccc(C2CC[C@@H](O)[C@@H](O)C2)c(F)c1. The fourth-order valence-corrected chi connectivity index (χ4v) is 5.82. The fourth-order valence-electron chi connectivity index (χ4n) is 5.82. The standard InChI is InChI=1S/C15H18FNO4.C12H14FNO4.C5H12O2/c1-15(2)20-13-6-3-9(7-14(13)21-15)11-5-4-10(17(18)19)8-12(11)16;13-10-6-8(14(17)18)2-3-9(10)7-1-4-11(15)12(16)5-7;1-5(2,6-3)7-4/h4-5,8-9,13-14H,3,6-7H2,1-2H3;2-3,6-7,11-12,15-16H,1,4-5H2;1-4H3/t9?,13?,14-;7?,11-,12+;/m01./s1. The molecule has 1 heterocycles. The molecule has 46 heavy (non-hydrogen) atoms. The highest BCUT2D eigenvalue weighted by Gasteiger charge is 2.45. The Kier molecular flexibility index (Phi) is 12.7. The van der Waals surface area contributed by atoms with Crippen LogP contribution in [0.5, 0.6) is 0 Å². The van der Waals surface area contributed by atoms with E-state index < -0.39 is 45.3 Å². The van der Waals surface area contributed by atoms with E-state index in [1.54, 1.807) is 14.2 Å². The van der Waals surface area contributed by atoms with Crippen molar-refractivity contribution in [2.24, 2.45) is 0 Å². The molecule has 2 aromatic rings. The molecule has 2 saturated carbocycles. The van der Waals surface area contributed by atoms with E-state index in [1.807, 2.05) is 27.7 Å². The molecule has 5 rings (SSSR count). The molecule has 256 valence electrons. The highest BCUT2D eigenvalue weighted by atomic mass is 19.1. The van der Waals surface area contributed by atoms with Crippen LogP contribution in [0.25, 0.3) is 0 Å². The van der Waals surface area contributed by atoms with Gasteiger partial charge in [-0.3, -0.25) is 20.2 Å². The molecule has 3 aliphatic rings. The zero-order chi connectivity index (χ0) is 34.4. The van der Waals surface area contributed by atoms with Crippen molar-refractivity contribution in [3.05, 3.63) is 79.4 Å². The van der Waals surface area contributed by atoms with Crippen LogP contribution in [0.4, 0.5) is 20.2 Å². The summed E-state index contributed by atoms with van der Waals surface area (Å²) >= 11 is 0. The first-order valence-electron chi connectivity index (χ1n) is 15.2. The van der Waals surface area contributed by atoms with Gasteiger partial charge in [-0.2, -0.15) is 0 Å². The van der Waals surface area contributed by atoms with Crippen molar-refractivity contribution in [2.45, 2.75) is 114 Å². The van der Waals surface area contributed by atoms with Gasteiger partial charge >= 0.3 is 0 Å². The third-order valence-electron chi connectivity index (χ3n) is 8.64. The Morgan fingerprint density at radius 2 is 1.24 bits per heavy atom. The maximum atomic E-state index is 14.1. The number of halogens is 2. The monoisotopic (exact) mass is 654 g/mol. The van der Waals surface area contributed by atoms with Gasteiger partial charge in [-0.25, -0.2) is 8.78 Å². The molecule has 1 aliphatic heterocycles. The second-order valence-electron chi connectivity index (χ2n) is 12.6. The van der Waals surface area contributed by atoms with Crippen LogP contribution < -0.4 is 0 Å². The summed E-state index contributed by atoms with van der Waals surface area (Å²) in [5.41, 5.74) is 0.401. The average Bonchev–Trinajstić information content (AvgIpc) is 3.32. The van der Waals surface area contributed by atoms with Gasteiger partial charge in [0.05, 0.1) is 46.4 Å². The lowest BCUT2D eigenvalue weighted by Crippen LogP contribution is -2.32. The zero-order valence-corrected chi connectivity index (χ0v) is 27.0. The topological polar surface area (TPSA) is 164 Å². The van der Waals surface area contributed by atoms with Crippen molar-refractivity contribution in [3.8, 4) is 0 Å². The Bertz CT molecular complexity index is 1350. The number of methoxy groups -OCH3 is 2. The van der Waals surface area contributed by atoms with Crippen LogP contribution in [0.3, 0.4) is 0 Å². The van der Waals surface area contributed by atoms with Crippen LogP contribution in [0.15, 0.2) is 36.4 Å². The van der Waals surface area contributed by atoms with Crippen LogP contribution in [-0.2, 0) is 18.9 Å². The number of aliphatic hydroxyl groups excluding tert-OH is 2. The Hall–Kier alpha value is -3.14. The van der Waals surface area contributed by atoms with Gasteiger partial charge < -0.3 is 29.2 Å². The summed E-state index contributed by atoms with van der Waals surface area (Å²) in [6, 6.07) is 7.43. The third kappa shape index (κ3) is 9.93. The molecule has 12 nitrogen and oxygen atoms in total. The quantitative estimate of drug-likeness (QED) is 0.206. The van der Waals surface area contributed by atoms with Crippen LogP contribution >= 0.6 is 0 Å². The number of rotatable bonds is 6. The van der Waals surface area contributed by atoms with Gasteiger partial charge in [0.2, 0.25) is 0 Å². The highest BCUT2D eigenvalue weighted by molar-refractivity contribution is 5.37. The number of aliphatic hydroxyl groups is 2. The van der Waals surface area contributed by atoms with Crippen LogP contribution in [-0.4, -0.2) is 70.3 Å². The minimum atomic E-state index is -0.863. The number of benzene rings is 2. The van der Waals surface area contributed by atoms with E-state index in [0.29, 0.717) is 30.4 Å². The van der Waals surface area contributed by atoms with E-state index >= 15 is 0 Å². The van der Waals surface area contributed by atoms with E-state index in [1.165, 1.54) is 24.3 Å². The van der Waals surface area contributed by atoms with Gasteiger partial charge in [0.15, 0.2) is 11.6 Å². The van der Waals surface area contributed by atoms with Gasteiger partial charge in [-0.05, 0) is 101 Å². The van der Waals surface area contributed by atoms with E-state index in [2.05, 4.69) is 0 Å². The summed E-state index contributed by atoms with van der Waals surface area (Å²) in [6.45, 7) is 7.47. The van der Waals surface area contributed by atoms with Crippen LogP contribution in [0, 0.1) is 31.9 Å². The van der Waals surface area contributed by atoms with Gasteiger partial charge in [-0.15, -0.1) is 0 Å². The molecule has 0 aromatic heterocycles. The summed E-state index contributed by atoms with van der Waals surface area (Å²) in [5, 5.41) is 40.1. The number of hydrogen-bond donors (Lipinski definition) is 2. The van der Waals surface area contributed by atoms with Gasteiger partial charge in [0.1, 0.15) is 11.6 Å². The second-order valence-corrected chi connectivity index (χ2v) is 12.6. The predicted octanol–water partition coefficient (Wildman–Crippen LogP) is 6.26. The Labute approximate surface area is 266 Å². The lowest BCUT2D eigenvalue weighted by Gasteiger charge is -2.30. The Balaban J connectivity index is 0.000000210. The molecule has 6 atom stereocenters. The molecule has 3 fully saturated rings. The first-order valence-corrected chi connectivity index (χ1v) is 15.2. The number of nitro benzene ring substituents is 2. The molecule has 3 unspecified atom stereocenters. The van der Waals surface area contributed by atoms with Crippen molar-refractivity contribution in [2.75, 3.05) is 14.2 Å². The first-order chi connectivity index (χ1) is 21.5. The lowest BCUT2D eigenvalue weighted by atomic mass is 9.81. The van der Waals surface area contributed by atoms with E-state index in [9.17, 15) is 39.2 Å². The first kappa shape index (κ1) is 37.3. The zero-order valence-electron chi connectivity index (χ0n) is 27.0. The molecule has 2 aromatic carbocycles. The molecule has 1 saturated heterocycles. The lowest BCUT2D eigenvalue weighted by molar-refractivity contribution is -0.385. The maximum Gasteiger partial charge on any atom is 0.272 e. The summed E-state index contributed by atoms with van der Waals surface area (Å²) in [6.07, 6.45) is 1.95. The normalized spacial score (nSPS) is 26.9. The average molecular weight is 655 g/mol. The number of hydrogen-bond acceptors (Lipinski definition) is 10. The maximum absolute atomic E-state index is 14.1. The van der Waals surface area contributed by atoms with Crippen LogP contribution in [0.1, 0.15) is 89.2 Å². The largest absolute Gasteiger partial charge is 0.390 e. The van der Waals surface area contributed by atoms with Gasteiger partial charge in [0, 0.05) is 26.4 Å². The van der Waals surface area contributed by atoms with Crippen molar-refractivity contribution in [1.82, 2.24) is 0 Å². The van der Waals surface area contributed by atoms with Crippen molar-refractivity contribution in [1.29, 1.82) is 0 Å². The minimum Gasteiger partial charge on any atom is -0.390 e. The molecule has 0 amide bonds.